The summed E-state index contributed by atoms with van der Waals surface area (Å²) in [5.74, 6) is 0. The third-order valence-electron chi connectivity index (χ3n) is 2.78. The van der Waals surface area contributed by atoms with Crippen LogP contribution in [0, 0.1) is 0 Å². The van der Waals surface area contributed by atoms with Crippen LogP contribution in [0.3, 0.4) is 0 Å². The maximum absolute atomic E-state index is 6.11. The fraction of sp³-hybridized carbons (Fsp3) is 0.727. The van der Waals surface area contributed by atoms with Gasteiger partial charge in [0.05, 0.1) is 5.54 Å². The van der Waals surface area contributed by atoms with Crippen LogP contribution < -0.4 is 5.73 Å². The van der Waals surface area contributed by atoms with Crippen molar-refractivity contribution in [2.45, 2.75) is 51.1 Å². The van der Waals surface area contributed by atoms with Gasteiger partial charge in [0.1, 0.15) is 0 Å². The van der Waals surface area contributed by atoms with Crippen molar-refractivity contribution in [1.82, 2.24) is 9.78 Å². The summed E-state index contributed by atoms with van der Waals surface area (Å²) in [6, 6.07) is 2.08. The molecule has 2 N–H and O–H groups in total. The Hall–Kier alpha value is -0.830. The lowest BCUT2D eigenvalue weighted by Gasteiger charge is -2.23. The van der Waals surface area contributed by atoms with Crippen molar-refractivity contribution in [3.05, 3.63) is 18.0 Å². The van der Waals surface area contributed by atoms with Gasteiger partial charge < -0.3 is 5.73 Å². The highest BCUT2D eigenvalue weighted by Gasteiger charge is 2.39. The summed E-state index contributed by atoms with van der Waals surface area (Å²) in [5.41, 5.74) is 7.50. The zero-order valence-corrected chi connectivity index (χ0v) is 9.25. The Balaban J connectivity index is 2.21. The molecule has 1 aromatic heterocycles. The molecule has 0 aromatic carbocycles. The molecule has 3 nitrogen and oxygen atoms in total. The van der Waals surface area contributed by atoms with E-state index in [-0.39, 0.29) is 11.1 Å². The van der Waals surface area contributed by atoms with Crippen LogP contribution in [0.4, 0.5) is 0 Å². The fourth-order valence-corrected chi connectivity index (χ4v) is 1.77. The Kier molecular flexibility index (Phi) is 1.96. The summed E-state index contributed by atoms with van der Waals surface area (Å²) in [5, 5.41) is 4.36. The maximum Gasteiger partial charge on any atom is 0.0546 e. The van der Waals surface area contributed by atoms with E-state index < -0.39 is 0 Å². The lowest BCUT2D eigenvalue weighted by atomic mass is 10.1. The number of nitrogens with zero attached hydrogens (tertiary/aromatic N) is 2. The molecule has 1 aromatic rings. The van der Waals surface area contributed by atoms with Crippen LogP contribution >= 0.6 is 0 Å². The molecule has 3 heteroatoms. The van der Waals surface area contributed by atoms with Crippen LogP contribution in [-0.2, 0) is 12.0 Å². The van der Waals surface area contributed by atoms with Gasteiger partial charge in [-0.1, -0.05) is 0 Å². The lowest BCUT2D eigenvalue weighted by Crippen LogP contribution is -2.30. The standard InChI is InChI=1S/C11H19N3/c1-10(2,3)14-9(4-7-13-14)8-11(12)5-6-11/h4,7H,5-6,8,12H2,1-3H3. The second-order valence-electron chi connectivity index (χ2n) is 5.44. The van der Waals surface area contributed by atoms with Gasteiger partial charge in [0.2, 0.25) is 0 Å². The summed E-state index contributed by atoms with van der Waals surface area (Å²) in [7, 11) is 0. The van der Waals surface area contributed by atoms with Crippen molar-refractivity contribution < 1.29 is 0 Å². The van der Waals surface area contributed by atoms with E-state index in [4.69, 9.17) is 5.73 Å². The quantitative estimate of drug-likeness (QED) is 0.776. The van der Waals surface area contributed by atoms with Crippen molar-refractivity contribution >= 4 is 0 Å². The maximum atomic E-state index is 6.11. The Morgan fingerprint density at radius 3 is 2.64 bits per heavy atom. The Labute approximate surface area is 85.3 Å². The Morgan fingerprint density at radius 1 is 1.50 bits per heavy atom. The van der Waals surface area contributed by atoms with E-state index in [2.05, 4.69) is 36.6 Å². The van der Waals surface area contributed by atoms with E-state index in [9.17, 15) is 0 Å². The second kappa shape index (κ2) is 2.83. The van der Waals surface area contributed by atoms with Crippen molar-refractivity contribution in [3.8, 4) is 0 Å². The van der Waals surface area contributed by atoms with Gasteiger partial charge in [-0.15, -0.1) is 0 Å². The van der Waals surface area contributed by atoms with Gasteiger partial charge >= 0.3 is 0 Å². The largest absolute Gasteiger partial charge is 0.325 e. The Bertz CT molecular complexity index is 329. The topological polar surface area (TPSA) is 43.8 Å². The van der Waals surface area contributed by atoms with Gasteiger partial charge in [0.25, 0.3) is 0 Å². The minimum atomic E-state index is 0.0596. The van der Waals surface area contributed by atoms with E-state index in [1.165, 1.54) is 5.69 Å². The third-order valence-corrected chi connectivity index (χ3v) is 2.78. The van der Waals surface area contributed by atoms with Crippen molar-refractivity contribution in [2.24, 2.45) is 5.73 Å². The van der Waals surface area contributed by atoms with E-state index in [0.717, 1.165) is 19.3 Å². The summed E-state index contributed by atoms with van der Waals surface area (Å²) in [4.78, 5) is 0. The molecule has 0 saturated heterocycles. The van der Waals surface area contributed by atoms with E-state index >= 15 is 0 Å². The van der Waals surface area contributed by atoms with Crippen LogP contribution in [-0.4, -0.2) is 15.3 Å². The first-order chi connectivity index (χ1) is 6.41. The predicted octanol–water partition coefficient (Wildman–Crippen LogP) is 1.67. The Morgan fingerprint density at radius 2 is 2.14 bits per heavy atom. The zero-order chi connectivity index (χ0) is 10.4. The van der Waals surface area contributed by atoms with Crippen LogP contribution in [0.15, 0.2) is 12.3 Å². The summed E-state index contributed by atoms with van der Waals surface area (Å²) < 4.78 is 2.08. The van der Waals surface area contributed by atoms with Gasteiger partial charge in [0, 0.05) is 23.9 Å². The van der Waals surface area contributed by atoms with Gasteiger partial charge in [0.15, 0.2) is 0 Å². The van der Waals surface area contributed by atoms with E-state index in [1.54, 1.807) is 0 Å². The average molecular weight is 193 g/mol. The molecular formula is C11H19N3. The molecule has 0 radical (unpaired) electrons. The predicted molar refractivity (Wildman–Crippen MR) is 57.1 cm³/mol. The molecule has 1 aliphatic rings. The molecule has 78 valence electrons. The molecule has 1 heterocycles. The van der Waals surface area contributed by atoms with Gasteiger partial charge in [-0.2, -0.15) is 5.10 Å². The molecule has 0 unspecified atom stereocenters. The average Bonchev–Trinajstić information content (AvgIpc) is 2.61. The minimum absolute atomic E-state index is 0.0596. The van der Waals surface area contributed by atoms with Gasteiger partial charge in [-0.3, -0.25) is 4.68 Å². The highest BCUT2D eigenvalue weighted by Crippen LogP contribution is 2.36. The van der Waals surface area contributed by atoms with Crippen molar-refractivity contribution in [1.29, 1.82) is 0 Å². The van der Waals surface area contributed by atoms with E-state index in [0.29, 0.717) is 0 Å². The number of hydrogen-bond acceptors (Lipinski definition) is 2. The van der Waals surface area contributed by atoms with Crippen LogP contribution in [0.2, 0.25) is 0 Å². The first-order valence-electron chi connectivity index (χ1n) is 5.23. The molecule has 0 aliphatic heterocycles. The normalized spacial score (nSPS) is 19.7. The number of nitrogens with two attached hydrogens (primary N) is 1. The second-order valence-corrected chi connectivity index (χ2v) is 5.44. The number of aromatic nitrogens is 2. The van der Waals surface area contributed by atoms with Crippen LogP contribution in [0.5, 0.6) is 0 Å². The zero-order valence-electron chi connectivity index (χ0n) is 9.25. The molecule has 0 atom stereocenters. The van der Waals surface area contributed by atoms with Crippen molar-refractivity contribution in [2.75, 3.05) is 0 Å². The lowest BCUT2D eigenvalue weighted by molar-refractivity contribution is 0.339. The van der Waals surface area contributed by atoms with Crippen molar-refractivity contribution in [3.63, 3.8) is 0 Å². The highest BCUT2D eigenvalue weighted by atomic mass is 15.3. The third kappa shape index (κ3) is 1.82. The number of hydrogen-bond donors (Lipinski definition) is 1. The van der Waals surface area contributed by atoms with Gasteiger partial charge in [-0.25, -0.2) is 0 Å². The molecule has 2 rings (SSSR count). The fourth-order valence-electron chi connectivity index (χ4n) is 1.77. The summed E-state index contributed by atoms with van der Waals surface area (Å²) in [6.45, 7) is 6.50. The van der Waals surface area contributed by atoms with Gasteiger partial charge in [-0.05, 0) is 39.7 Å². The SMILES string of the molecule is CC(C)(C)n1nccc1CC1(N)CC1. The first kappa shape index (κ1) is 9.71. The highest BCUT2D eigenvalue weighted by molar-refractivity contribution is 5.13. The molecule has 1 aliphatic carbocycles. The molecule has 0 spiro atoms. The molecule has 0 amide bonds. The molecule has 14 heavy (non-hydrogen) atoms. The minimum Gasteiger partial charge on any atom is -0.325 e. The number of rotatable bonds is 2. The van der Waals surface area contributed by atoms with E-state index in [1.807, 2.05) is 6.20 Å². The van der Waals surface area contributed by atoms with Crippen LogP contribution in [0.1, 0.15) is 39.3 Å². The molecule has 1 fully saturated rings. The smallest absolute Gasteiger partial charge is 0.0546 e. The first-order valence-corrected chi connectivity index (χ1v) is 5.23. The van der Waals surface area contributed by atoms with Crippen LogP contribution in [0.25, 0.3) is 0 Å². The molecular weight excluding hydrogens is 174 g/mol. The molecule has 1 saturated carbocycles. The molecule has 0 bridgehead atoms. The summed E-state index contributed by atoms with van der Waals surface area (Å²) >= 11 is 0. The monoisotopic (exact) mass is 193 g/mol. The summed E-state index contributed by atoms with van der Waals surface area (Å²) in [6.07, 6.45) is 5.14.